The van der Waals surface area contributed by atoms with Gasteiger partial charge in [-0.15, -0.1) is 0 Å². The van der Waals surface area contributed by atoms with Crippen LogP contribution in [0.25, 0.3) is 0 Å². The van der Waals surface area contributed by atoms with Crippen molar-refractivity contribution in [3.63, 3.8) is 0 Å². The molecule has 0 amide bonds. The minimum Gasteiger partial charge on any atom is -0.546 e. The Hall–Kier alpha value is -2.38. The molecule has 2 aromatic carbocycles. The molecule has 2 rings (SSSR count). The standard InChI is InChI=1S/C17H18O6S/c1-13-5-7-16(8-6-13)24(20,21)23-10-9-14-3-2-4-15(11-14)22-12-17(18)19/h2-8,11H,9-10,12H2,1H3,(H,18,19)/p-1. The predicted octanol–water partition coefficient (Wildman–Crippen LogP) is 1.07. The number of benzene rings is 2. The second-order valence-electron chi connectivity index (χ2n) is 5.15. The molecule has 0 aliphatic carbocycles. The molecule has 0 bridgehead atoms. The highest BCUT2D eigenvalue weighted by molar-refractivity contribution is 7.86. The Balaban J connectivity index is 1.92. The maximum absolute atomic E-state index is 12.1. The monoisotopic (exact) mass is 349 g/mol. The molecule has 128 valence electrons. The third-order valence-electron chi connectivity index (χ3n) is 3.19. The maximum atomic E-state index is 12.1. The van der Waals surface area contributed by atoms with E-state index in [9.17, 15) is 18.3 Å². The van der Waals surface area contributed by atoms with Gasteiger partial charge in [-0.1, -0.05) is 29.8 Å². The van der Waals surface area contributed by atoms with Gasteiger partial charge in [0.15, 0.2) is 0 Å². The van der Waals surface area contributed by atoms with E-state index in [1.54, 1.807) is 36.4 Å². The van der Waals surface area contributed by atoms with Crippen LogP contribution in [0.3, 0.4) is 0 Å². The van der Waals surface area contributed by atoms with Gasteiger partial charge in [0.05, 0.1) is 17.5 Å². The lowest BCUT2D eigenvalue weighted by Crippen LogP contribution is -2.28. The number of aryl methyl sites for hydroxylation is 1. The van der Waals surface area contributed by atoms with Gasteiger partial charge in [0, 0.05) is 0 Å². The normalized spacial score (nSPS) is 11.2. The molecule has 24 heavy (non-hydrogen) atoms. The van der Waals surface area contributed by atoms with Crippen molar-refractivity contribution < 1.29 is 27.2 Å². The molecule has 0 radical (unpaired) electrons. The summed E-state index contributed by atoms with van der Waals surface area (Å²) in [5.74, 6) is -0.939. The van der Waals surface area contributed by atoms with Crippen LogP contribution in [-0.4, -0.2) is 27.6 Å². The summed E-state index contributed by atoms with van der Waals surface area (Å²) in [4.78, 5) is 10.5. The highest BCUT2D eigenvalue weighted by Crippen LogP contribution is 2.16. The SMILES string of the molecule is Cc1ccc(S(=O)(=O)OCCc2cccc(OCC(=O)[O-])c2)cc1. The van der Waals surface area contributed by atoms with Crippen LogP contribution in [0.15, 0.2) is 53.4 Å². The van der Waals surface area contributed by atoms with Crippen LogP contribution < -0.4 is 9.84 Å². The first kappa shape index (κ1) is 18.0. The summed E-state index contributed by atoms with van der Waals surface area (Å²) < 4.78 is 34.2. The first-order valence-electron chi connectivity index (χ1n) is 7.24. The molecule has 0 atom stereocenters. The Morgan fingerprint density at radius 3 is 2.50 bits per heavy atom. The van der Waals surface area contributed by atoms with E-state index < -0.39 is 22.7 Å². The highest BCUT2D eigenvalue weighted by atomic mass is 32.2. The summed E-state index contributed by atoms with van der Waals surface area (Å²) in [6, 6.07) is 13.1. The number of carbonyl (C=O) groups excluding carboxylic acids is 1. The molecule has 0 aliphatic rings. The van der Waals surface area contributed by atoms with Gasteiger partial charge in [0.25, 0.3) is 10.1 Å². The smallest absolute Gasteiger partial charge is 0.296 e. The van der Waals surface area contributed by atoms with Crippen molar-refractivity contribution in [2.75, 3.05) is 13.2 Å². The first-order valence-corrected chi connectivity index (χ1v) is 8.65. The summed E-state index contributed by atoms with van der Waals surface area (Å²) in [6.07, 6.45) is 0.341. The quantitative estimate of drug-likeness (QED) is 0.662. The minimum absolute atomic E-state index is 0.0276. The third kappa shape index (κ3) is 5.36. The molecule has 0 N–H and O–H groups in total. The number of carboxylic acid groups (broad SMARTS) is 1. The van der Waals surface area contributed by atoms with E-state index in [1.165, 1.54) is 12.1 Å². The van der Waals surface area contributed by atoms with Crippen molar-refractivity contribution in [1.29, 1.82) is 0 Å². The Kier molecular flexibility index (Phi) is 5.94. The molecule has 7 heteroatoms. The van der Waals surface area contributed by atoms with Crippen molar-refractivity contribution in [3.05, 3.63) is 59.7 Å². The summed E-state index contributed by atoms with van der Waals surface area (Å²) in [7, 11) is -3.80. The maximum Gasteiger partial charge on any atom is 0.296 e. The van der Waals surface area contributed by atoms with E-state index in [2.05, 4.69) is 0 Å². The number of carboxylic acids is 1. The van der Waals surface area contributed by atoms with Crippen LogP contribution in [0.1, 0.15) is 11.1 Å². The van der Waals surface area contributed by atoms with Gasteiger partial charge < -0.3 is 14.6 Å². The summed E-state index contributed by atoms with van der Waals surface area (Å²) in [5.41, 5.74) is 1.73. The van der Waals surface area contributed by atoms with Crippen molar-refractivity contribution >= 4 is 16.1 Å². The van der Waals surface area contributed by atoms with Gasteiger partial charge in [-0.2, -0.15) is 8.42 Å². The molecular weight excluding hydrogens is 332 g/mol. The zero-order valence-electron chi connectivity index (χ0n) is 13.1. The van der Waals surface area contributed by atoms with Crippen LogP contribution in [0.4, 0.5) is 0 Å². The lowest BCUT2D eigenvalue weighted by Gasteiger charge is -2.09. The predicted molar refractivity (Wildman–Crippen MR) is 85.0 cm³/mol. The highest BCUT2D eigenvalue weighted by Gasteiger charge is 2.14. The second-order valence-corrected chi connectivity index (χ2v) is 6.76. The molecule has 6 nitrogen and oxygen atoms in total. The van der Waals surface area contributed by atoms with Gasteiger partial charge in [-0.05, 0) is 43.2 Å². The van der Waals surface area contributed by atoms with Gasteiger partial charge >= 0.3 is 0 Å². The fraction of sp³-hybridized carbons (Fsp3) is 0.235. The lowest BCUT2D eigenvalue weighted by molar-refractivity contribution is -0.307. The van der Waals surface area contributed by atoms with E-state index >= 15 is 0 Å². The van der Waals surface area contributed by atoms with Crippen molar-refractivity contribution in [1.82, 2.24) is 0 Å². The zero-order chi connectivity index (χ0) is 17.6. The number of hydrogen-bond acceptors (Lipinski definition) is 6. The van der Waals surface area contributed by atoms with E-state index in [0.717, 1.165) is 11.1 Å². The molecular formula is C17H17O6S-. The average Bonchev–Trinajstić information content (AvgIpc) is 2.53. The summed E-state index contributed by atoms with van der Waals surface area (Å²) >= 11 is 0. The van der Waals surface area contributed by atoms with Gasteiger partial charge in [0.1, 0.15) is 12.4 Å². The molecule has 0 aliphatic heterocycles. The molecule has 0 spiro atoms. The van der Waals surface area contributed by atoms with Crippen LogP contribution in [0.5, 0.6) is 5.75 Å². The van der Waals surface area contributed by atoms with Crippen LogP contribution in [-0.2, 0) is 25.5 Å². The summed E-state index contributed by atoms with van der Waals surface area (Å²) in [5, 5.41) is 10.4. The molecule has 0 saturated carbocycles. The number of aliphatic carboxylic acids is 1. The Morgan fingerprint density at radius 2 is 1.83 bits per heavy atom. The Morgan fingerprint density at radius 1 is 1.12 bits per heavy atom. The number of ether oxygens (including phenoxy) is 1. The fourth-order valence-corrected chi connectivity index (χ4v) is 2.88. The molecule has 0 heterocycles. The van der Waals surface area contributed by atoms with E-state index in [4.69, 9.17) is 8.92 Å². The Bertz CT molecular complexity index is 796. The molecule has 0 fully saturated rings. The van der Waals surface area contributed by atoms with E-state index in [0.29, 0.717) is 12.2 Å². The van der Waals surface area contributed by atoms with Crippen LogP contribution in [0, 0.1) is 6.92 Å². The van der Waals surface area contributed by atoms with Crippen LogP contribution >= 0.6 is 0 Å². The largest absolute Gasteiger partial charge is 0.546 e. The zero-order valence-corrected chi connectivity index (χ0v) is 13.9. The van der Waals surface area contributed by atoms with Gasteiger partial charge in [0.2, 0.25) is 0 Å². The van der Waals surface area contributed by atoms with Crippen molar-refractivity contribution in [2.45, 2.75) is 18.2 Å². The average molecular weight is 349 g/mol. The van der Waals surface area contributed by atoms with Gasteiger partial charge in [-0.3, -0.25) is 4.18 Å². The molecule has 2 aromatic rings. The number of carbonyl (C=O) groups is 1. The first-order chi connectivity index (χ1) is 11.4. The molecule has 0 saturated heterocycles. The van der Waals surface area contributed by atoms with E-state index in [1.807, 2.05) is 6.92 Å². The van der Waals surface area contributed by atoms with Crippen molar-refractivity contribution in [3.8, 4) is 5.75 Å². The topological polar surface area (TPSA) is 92.7 Å². The van der Waals surface area contributed by atoms with Crippen LogP contribution in [0.2, 0.25) is 0 Å². The number of hydrogen-bond donors (Lipinski definition) is 0. The third-order valence-corrected chi connectivity index (χ3v) is 4.52. The summed E-state index contributed by atoms with van der Waals surface area (Å²) in [6.45, 7) is 1.30. The minimum atomic E-state index is -3.80. The molecule has 0 aromatic heterocycles. The fourth-order valence-electron chi connectivity index (χ4n) is 1.98. The van der Waals surface area contributed by atoms with Gasteiger partial charge in [-0.25, -0.2) is 0 Å². The second kappa shape index (κ2) is 7.94. The number of rotatable bonds is 8. The lowest BCUT2D eigenvalue weighted by atomic mass is 10.1. The molecule has 0 unspecified atom stereocenters. The Labute approximate surface area is 140 Å². The van der Waals surface area contributed by atoms with E-state index in [-0.39, 0.29) is 11.5 Å². The van der Waals surface area contributed by atoms with Crippen molar-refractivity contribution in [2.24, 2.45) is 0 Å².